The third kappa shape index (κ3) is 2.67. The number of hydrogen-bond acceptors (Lipinski definition) is 3. The third-order valence-corrected chi connectivity index (χ3v) is 3.09. The Morgan fingerprint density at radius 1 is 1.29 bits per heavy atom. The molecule has 0 saturated heterocycles. The monoisotopic (exact) mass is 231 g/mol. The molecule has 0 atom stereocenters. The van der Waals surface area contributed by atoms with Crippen molar-refractivity contribution in [2.45, 2.75) is 26.4 Å². The van der Waals surface area contributed by atoms with Crippen LogP contribution in [0.4, 0.5) is 0 Å². The number of aliphatic imine (C=N–C) groups is 1. The van der Waals surface area contributed by atoms with Crippen LogP contribution in [0.15, 0.2) is 29.3 Å². The number of benzene rings is 1. The van der Waals surface area contributed by atoms with Gasteiger partial charge in [0.2, 0.25) is 0 Å². The standard InChI is InChI=1S/C14H21N3/c1-11(2)17-9-8-16-14(17)13-6-4-12(5-7-13)10-15-3/h4-7,11,15H,8-10H2,1-3H3. The molecule has 0 fully saturated rings. The van der Waals surface area contributed by atoms with Crippen molar-refractivity contribution < 1.29 is 0 Å². The number of nitrogens with one attached hydrogen (secondary N) is 1. The van der Waals surface area contributed by atoms with Gasteiger partial charge in [0.15, 0.2) is 0 Å². The molecule has 1 aliphatic rings. The van der Waals surface area contributed by atoms with E-state index in [4.69, 9.17) is 0 Å². The van der Waals surface area contributed by atoms with Crippen molar-refractivity contribution in [2.75, 3.05) is 20.1 Å². The van der Waals surface area contributed by atoms with Gasteiger partial charge in [0.05, 0.1) is 6.54 Å². The van der Waals surface area contributed by atoms with Crippen molar-refractivity contribution in [3.8, 4) is 0 Å². The highest BCUT2D eigenvalue weighted by atomic mass is 15.3. The summed E-state index contributed by atoms with van der Waals surface area (Å²) in [5.41, 5.74) is 2.54. The molecule has 92 valence electrons. The minimum absolute atomic E-state index is 0.522. The van der Waals surface area contributed by atoms with Crippen LogP contribution in [-0.2, 0) is 6.54 Å². The highest BCUT2D eigenvalue weighted by molar-refractivity contribution is 5.99. The summed E-state index contributed by atoms with van der Waals surface area (Å²) in [6.45, 7) is 7.32. The topological polar surface area (TPSA) is 27.6 Å². The van der Waals surface area contributed by atoms with Gasteiger partial charge in [0, 0.05) is 24.7 Å². The van der Waals surface area contributed by atoms with Gasteiger partial charge < -0.3 is 10.2 Å². The summed E-state index contributed by atoms with van der Waals surface area (Å²) < 4.78 is 0. The molecule has 1 N–H and O–H groups in total. The van der Waals surface area contributed by atoms with E-state index >= 15 is 0 Å². The molecule has 1 aromatic carbocycles. The van der Waals surface area contributed by atoms with E-state index in [0.29, 0.717) is 6.04 Å². The summed E-state index contributed by atoms with van der Waals surface area (Å²) in [5.74, 6) is 1.15. The molecule has 0 saturated carbocycles. The highest BCUT2D eigenvalue weighted by Crippen LogP contribution is 2.15. The first-order chi connectivity index (χ1) is 8.22. The van der Waals surface area contributed by atoms with Crippen LogP contribution in [-0.4, -0.2) is 36.9 Å². The van der Waals surface area contributed by atoms with Crippen LogP contribution in [0.5, 0.6) is 0 Å². The Labute approximate surface area is 104 Å². The molecule has 0 spiro atoms. The Hall–Kier alpha value is -1.35. The van der Waals surface area contributed by atoms with Crippen LogP contribution in [0.2, 0.25) is 0 Å². The van der Waals surface area contributed by atoms with E-state index in [-0.39, 0.29) is 0 Å². The zero-order chi connectivity index (χ0) is 12.3. The summed E-state index contributed by atoms with van der Waals surface area (Å²) >= 11 is 0. The quantitative estimate of drug-likeness (QED) is 0.856. The lowest BCUT2D eigenvalue weighted by molar-refractivity contribution is 0.381. The largest absolute Gasteiger partial charge is 0.352 e. The maximum absolute atomic E-state index is 4.61. The normalized spacial score (nSPS) is 15.5. The molecular formula is C14H21N3. The van der Waals surface area contributed by atoms with E-state index in [1.165, 1.54) is 11.1 Å². The van der Waals surface area contributed by atoms with E-state index in [2.05, 4.69) is 53.3 Å². The summed E-state index contributed by atoms with van der Waals surface area (Å²) in [4.78, 5) is 6.98. The minimum atomic E-state index is 0.522. The summed E-state index contributed by atoms with van der Waals surface area (Å²) in [6.07, 6.45) is 0. The van der Waals surface area contributed by atoms with Crippen LogP contribution in [0.3, 0.4) is 0 Å². The molecular weight excluding hydrogens is 210 g/mol. The van der Waals surface area contributed by atoms with Crippen molar-refractivity contribution in [3.05, 3.63) is 35.4 Å². The van der Waals surface area contributed by atoms with E-state index in [1.54, 1.807) is 0 Å². The van der Waals surface area contributed by atoms with E-state index in [1.807, 2.05) is 7.05 Å². The Morgan fingerprint density at radius 3 is 2.59 bits per heavy atom. The maximum atomic E-state index is 4.61. The summed E-state index contributed by atoms with van der Waals surface area (Å²) in [7, 11) is 1.97. The molecule has 0 aromatic heterocycles. The Bertz CT molecular complexity index is 392. The molecule has 1 heterocycles. The fraction of sp³-hybridized carbons (Fsp3) is 0.500. The van der Waals surface area contributed by atoms with Crippen LogP contribution in [0, 0.1) is 0 Å². The smallest absolute Gasteiger partial charge is 0.131 e. The van der Waals surface area contributed by atoms with Crippen molar-refractivity contribution in [3.63, 3.8) is 0 Å². The van der Waals surface area contributed by atoms with Crippen LogP contribution < -0.4 is 5.32 Å². The first kappa shape index (κ1) is 12.1. The minimum Gasteiger partial charge on any atom is -0.352 e. The van der Waals surface area contributed by atoms with Crippen molar-refractivity contribution in [2.24, 2.45) is 4.99 Å². The number of nitrogens with zero attached hydrogens (tertiary/aromatic N) is 2. The fourth-order valence-corrected chi connectivity index (χ4v) is 2.20. The predicted octanol–water partition coefficient (Wildman–Crippen LogP) is 1.88. The van der Waals surface area contributed by atoms with Gasteiger partial charge in [0.25, 0.3) is 0 Å². The molecule has 0 bridgehead atoms. The average Bonchev–Trinajstić information content (AvgIpc) is 2.79. The molecule has 17 heavy (non-hydrogen) atoms. The molecule has 3 heteroatoms. The maximum Gasteiger partial charge on any atom is 0.131 e. The van der Waals surface area contributed by atoms with Crippen LogP contribution >= 0.6 is 0 Å². The Kier molecular flexibility index (Phi) is 3.79. The first-order valence-corrected chi connectivity index (χ1v) is 6.27. The lowest BCUT2D eigenvalue weighted by Gasteiger charge is -2.24. The van der Waals surface area contributed by atoms with Gasteiger partial charge in [-0.1, -0.05) is 24.3 Å². The molecule has 0 unspecified atom stereocenters. The van der Waals surface area contributed by atoms with E-state index in [0.717, 1.165) is 25.5 Å². The lowest BCUT2D eigenvalue weighted by Crippen LogP contribution is -2.34. The predicted molar refractivity (Wildman–Crippen MR) is 72.5 cm³/mol. The second-order valence-electron chi connectivity index (χ2n) is 4.72. The van der Waals surface area contributed by atoms with Gasteiger partial charge in [-0.25, -0.2) is 0 Å². The van der Waals surface area contributed by atoms with Gasteiger partial charge in [-0.15, -0.1) is 0 Å². The summed E-state index contributed by atoms with van der Waals surface area (Å²) in [5, 5.41) is 3.16. The van der Waals surface area contributed by atoms with Crippen molar-refractivity contribution in [1.29, 1.82) is 0 Å². The van der Waals surface area contributed by atoms with Gasteiger partial charge in [0.1, 0.15) is 5.84 Å². The Morgan fingerprint density at radius 2 is 2.00 bits per heavy atom. The van der Waals surface area contributed by atoms with Gasteiger partial charge in [-0.3, -0.25) is 4.99 Å². The van der Waals surface area contributed by atoms with Crippen LogP contribution in [0.25, 0.3) is 0 Å². The average molecular weight is 231 g/mol. The number of hydrogen-bond donors (Lipinski definition) is 1. The fourth-order valence-electron chi connectivity index (χ4n) is 2.20. The van der Waals surface area contributed by atoms with Crippen molar-refractivity contribution >= 4 is 5.84 Å². The molecule has 0 aliphatic carbocycles. The zero-order valence-corrected chi connectivity index (χ0v) is 10.9. The zero-order valence-electron chi connectivity index (χ0n) is 10.9. The second kappa shape index (κ2) is 5.32. The van der Waals surface area contributed by atoms with Gasteiger partial charge >= 0.3 is 0 Å². The molecule has 2 rings (SSSR count). The number of rotatable bonds is 4. The lowest BCUT2D eigenvalue weighted by atomic mass is 10.1. The molecule has 1 aliphatic heterocycles. The van der Waals surface area contributed by atoms with Crippen LogP contribution in [0.1, 0.15) is 25.0 Å². The molecule has 1 aromatic rings. The first-order valence-electron chi connectivity index (χ1n) is 6.27. The second-order valence-corrected chi connectivity index (χ2v) is 4.72. The third-order valence-electron chi connectivity index (χ3n) is 3.09. The molecule has 0 radical (unpaired) electrons. The Balaban J connectivity index is 2.17. The molecule has 3 nitrogen and oxygen atoms in total. The van der Waals surface area contributed by atoms with E-state index in [9.17, 15) is 0 Å². The SMILES string of the molecule is CNCc1ccc(C2=NCCN2C(C)C)cc1. The molecule has 0 amide bonds. The van der Waals surface area contributed by atoms with E-state index < -0.39 is 0 Å². The number of amidine groups is 1. The van der Waals surface area contributed by atoms with Gasteiger partial charge in [-0.05, 0) is 26.5 Å². The summed E-state index contributed by atoms with van der Waals surface area (Å²) in [6, 6.07) is 9.21. The van der Waals surface area contributed by atoms with Crippen molar-refractivity contribution in [1.82, 2.24) is 10.2 Å². The van der Waals surface area contributed by atoms with Gasteiger partial charge in [-0.2, -0.15) is 0 Å². The highest BCUT2D eigenvalue weighted by Gasteiger charge is 2.20.